The molecule has 2 unspecified atom stereocenters. The van der Waals surface area contributed by atoms with Crippen LogP contribution in [0.15, 0.2) is 18.2 Å². The molecule has 0 bridgehead atoms. The van der Waals surface area contributed by atoms with Crippen molar-refractivity contribution in [2.75, 3.05) is 10.6 Å². The molecule has 18 heavy (non-hydrogen) atoms. The first-order valence-electron chi connectivity index (χ1n) is 6.63. The number of hydrogen-bond donors (Lipinski definition) is 1. The Bertz CT molecular complexity index is 468. The van der Waals surface area contributed by atoms with Crippen molar-refractivity contribution < 1.29 is 4.79 Å². The van der Waals surface area contributed by atoms with Gasteiger partial charge in [-0.05, 0) is 43.0 Å². The molecule has 2 rings (SSSR count). The summed E-state index contributed by atoms with van der Waals surface area (Å²) in [7, 11) is 0. The number of fused-ring (bicyclic) bond motifs is 1. The Labute approximate surface area is 109 Å². The first-order valence-corrected chi connectivity index (χ1v) is 6.63. The molecule has 1 aliphatic rings. The summed E-state index contributed by atoms with van der Waals surface area (Å²) in [4.78, 5) is 14.5. The first-order chi connectivity index (χ1) is 8.41. The summed E-state index contributed by atoms with van der Waals surface area (Å²) < 4.78 is 0. The second-order valence-electron chi connectivity index (χ2n) is 5.68. The molecule has 2 N–H and O–H groups in total. The van der Waals surface area contributed by atoms with Gasteiger partial charge < -0.3 is 10.6 Å². The zero-order valence-electron chi connectivity index (χ0n) is 11.6. The van der Waals surface area contributed by atoms with E-state index in [2.05, 4.69) is 20.8 Å². The summed E-state index contributed by atoms with van der Waals surface area (Å²) in [5.74, 6) is 0.638. The Morgan fingerprint density at radius 1 is 1.39 bits per heavy atom. The monoisotopic (exact) mass is 246 g/mol. The highest BCUT2D eigenvalue weighted by Gasteiger charge is 2.33. The van der Waals surface area contributed by atoms with Crippen LogP contribution in [0.4, 0.5) is 11.4 Å². The molecule has 0 saturated carbocycles. The molecule has 1 aliphatic heterocycles. The normalized spacial score (nSPS) is 20.1. The highest BCUT2D eigenvalue weighted by atomic mass is 16.2. The van der Waals surface area contributed by atoms with E-state index in [1.165, 1.54) is 5.56 Å². The van der Waals surface area contributed by atoms with Crippen molar-refractivity contribution in [1.29, 1.82) is 0 Å². The number of anilines is 2. The topological polar surface area (TPSA) is 46.3 Å². The maximum atomic E-state index is 12.5. The van der Waals surface area contributed by atoms with E-state index in [4.69, 9.17) is 5.73 Å². The van der Waals surface area contributed by atoms with Crippen LogP contribution in [0.2, 0.25) is 0 Å². The number of nitrogens with two attached hydrogens (primary N) is 1. The van der Waals surface area contributed by atoms with Crippen LogP contribution in [0.5, 0.6) is 0 Å². The zero-order chi connectivity index (χ0) is 13.4. The van der Waals surface area contributed by atoms with Gasteiger partial charge in [-0.15, -0.1) is 0 Å². The van der Waals surface area contributed by atoms with Crippen LogP contribution in [0.25, 0.3) is 0 Å². The van der Waals surface area contributed by atoms with Crippen molar-refractivity contribution in [1.82, 2.24) is 0 Å². The van der Waals surface area contributed by atoms with Crippen molar-refractivity contribution in [2.45, 2.75) is 40.2 Å². The minimum absolute atomic E-state index is 0.0518. The van der Waals surface area contributed by atoms with Crippen LogP contribution in [0.3, 0.4) is 0 Å². The van der Waals surface area contributed by atoms with Crippen molar-refractivity contribution in [3.63, 3.8) is 0 Å². The number of carbonyl (C=O) groups excluding carboxylic acids is 1. The van der Waals surface area contributed by atoms with Crippen LogP contribution < -0.4 is 10.6 Å². The standard InChI is InChI=1S/C15H22N2O/c1-9(2)11(4)15(18)17-10(3)7-12-8-13(16)5-6-14(12)17/h5-6,8-11H,7,16H2,1-4H3. The Morgan fingerprint density at radius 3 is 2.67 bits per heavy atom. The zero-order valence-corrected chi connectivity index (χ0v) is 11.6. The average Bonchev–Trinajstić information content (AvgIpc) is 2.62. The molecule has 1 aromatic rings. The quantitative estimate of drug-likeness (QED) is 0.816. The van der Waals surface area contributed by atoms with E-state index in [0.717, 1.165) is 17.8 Å². The fourth-order valence-electron chi connectivity index (χ4n) is 2.49. The van der Waals surface area contributed by atoms with Gasteiger partial charge in [0.05, 0.1) is 0 Å². The smallest absolute Gasteiger partial charge is 0.230 e. The molecular weight excluding hydrogens is 224 g/mol. The average molecular weight is 246 g/mol. The largest absolute Gasteiger partial charge is 0.399 e. The lowest BCUT2D eigenvalue weighted by Crippen LogP contribution is -2.40. The highest BCUT2D eigenvalue weighted by Crippen LogP contribution is 2.35. The van der Waals surface area contributed by atoms with E-state index in [1.807, 2.05) is 30.0 Å². The van der Waals surface area contributed by atoms with Gasteiger partial charge in [0.2, 0.25) is 5.91 Å². The van der Waals surface area contributed by atoms with Gasteiger partial charge in [-0.3, -0.25) is 4.79 Å². The number of carbonyl (C=O) groups is 1. The van der Waals surface area contributed by atoms with Crippen molar-refractivity contribution >= 4 is 17.3 Å². The number of amides is 1. The van der Waals surface area contributed by atoms with Gasteiger partial charge in [-0.2, -0.15) is 0 Å². The SMILES string of the molecule is CC(C)C(C)C(=O)N1c2ccc(N)cc2CC1C. The first kappa shape index (κ1) is 12.9. The maximum Gasteiger partial charge on any atom is 0.230 e. The molecule has 2 atom stereocenters. The van der Waals surface area contributed by atoms with E-state index in [0.29, 0.717) is 5.92 Å². The van der Waals surface area contributed by atoms with E-state index >= 15 is 0 Å². The fraction of sp³-hybridized carbons (Fsp3) is 0.533. The van der Waals surface area contributed by atoms with Crippen LogP contribution in [0.1, 0.15) is 33.3 Å². The third kappa shape index (κ3) is 2.09. The molecule has 0 fully saturated rings. The van der Waals surface area contributed by atoms with Gasteiger partial charge in [-0.1, -0.05) is 20.8 Å². The third-order valence-electron chi connectivity index (χ3n) is 3.95. The van der Waals surface area contributed by atoms with Crippen molar-refractivity contribution in [3.05, 3.63) is 23.8 Å². The number of benzene rings is 1. The lowest BCUT2D eigenvalue weighted by Gasteiger charge is -2.27. The summed E-state index contributed by atoms with van der Waals surface area (Å²) in [5.41, 5.74) is 8.80. The van der Waals surface area contributed by atoms with Gasteiger partial charge >= 0.3 is 0 Å². The molecule has 3 heteroatoms. The highest BCUT2D eigenvalue weighted by molar-refractivity contribution is 5.97. The molecule has 1 amide bonds. The third-order valence-corrected chi connectivity index (χ3v) is 3.95. The molecule has 0 aliphatic carbocycles. The van der Waals surface area contributed by atoms with Crippen LogP contribution in [-0.2, 0) is 11.2 Å². The van der Waals surface area contributed by atoms with Gasteiger partial charge in [0.25, 0.3) is 0 Å². The minimum Gasteiger partial charge on any atom is -0.399 e. The van der Waals surface area contributed by atoms with E-state index in [9.17, 15) is 4.79 Å². The summed E-state index contributed by atoms with van der Waals surface area (Å²) in [6.07, 6.45) is 0.900. The van der Waals surface area contributed by atoms with Gasteiger partial charge in [0.1, 0.15) is 0 Å². The molecule has 1 aromatic carbocycles. The lowest BCUT2D eigenvalue weighted by atomic mass is 9.96. The molecule has 0 radical (unpaired) electrons. The maximum absolute atomic E-state index is 12.5. The predicted molar refractivity (Wildman–Crippen MR) is 75.5 cm³/mol. The van der Waals surface area contributed by atoms with Crippen LogP contribution in [-0.4, -0.2) is 11.9 Å². The van der Waals surface area contributed by atoms with E-state index < -0.39 is 0 Å². The Morgan fingerprint density at radius 2 is 2.06 bits per heavy atom. The number of nitrogen functional groups attached to an aromatic ring is 1. The lowest BCUT2D eigenvalue weighted by molar-refractivity contribution is -0.123. The second-order valence-corrected chi connectivity index (χ2v) is 5.68. The van der Waals surface area contributed by atoms with Crippen molar-refractivity contribution in [3.8, 4) is 0 Å². The Balaban J connectivity index is 2.33. The fourth-order valence-corrected chi connectivity index (χ4v) is 2.49. The summed E-state index contributed by atoms with van der Waals surface area (Å²) in [6.45, 7) is 8.29. The van der Waals surface area contributed by atoms with Gasteiger partial charge in [-0.25, -0.2) is 0 Å². The molecule has 3 nitrogen and oxygen atoms in total. The molecule has 98 valence electrons. The summed E-state index contributed by atoms with van der Waals surface area (Å²) in [6, 6.07) is 6.06. The van der Waals surface area contributed by atoms with Gasteiger partial charge in [0, 0.05) is 23.3 Å². The Hall–Kier alpha value is -1.51. The molecular formula is C15H22N2O. The summed E-state index contributed by atoms with van der Waals surface area (Å²) in [5, 5.41) is 0. The number of hydrogen-bond acceptors (Lipinski definition) is 2. The number of nitrogens with zero attached hydrogens (tertiary/aromatic N) is 1. The Kier molecular flexibility index (Phi) is 3.33. The second kappa shape index (κ2) is 4.63. The predicted octanol–water partition coefficient (Wildman–Crippen LogP) is 2.84. The molecule has 1 heterocycles. The van der Waals surface area contributed by atoms with Gasteiger partial charge in [0.15, 0.2) is 0 Å². The van der Waals surface area contributed by atoms with E-state index in [1.54, 1.807) is 0 Å². The molecule has 0 aromatic heterocycles. The molecule has 0 spiro atoms. The summed E-state index contributed by atoms with van der Waals surface area (Å²) >= 11 is 0. The van der Waals surface area contributed by atoms with E-state index in [-0.39, 0.29) is 17.9 Å². The number of rotatable bonds is 2. The van der Waals surface area contributed by atoms with Crippen LogP contribution in [0, 0.1) is 11.8 Å². The van der Waals surface area contributed by atoms with Crippen molar-refractivity contribution in [2.24, 2.45) is 11.8 Å². The minimum atomic E-state index is 0.0518. The molecule has 0 saturated heterocycles. The van der Waals surface area contributed by atoms with Crippen LogP contribution >= 0.6 is 0 Å².